The Hall–Kier alpha value is -0.320. The lowest BCUT2D eigenvalue weighted by molar-refractivity contribution is -0.135. The van der Waals surface area contributed by atoms with Crippen LogP contribution in [-0.2, 0) is 4.79 Å². The quantitative estimate of drug-likeness (QED) is 0.732. The molecule has 0 aromatic rings. The molecular weight excluding hydrogens is 228 g/mol. The van der Waals surface area contributed by atoms with Gasteiger partial charge in [-0.1, -0.05) is 6.92 Å². The summed E-state index contributed by atoms with van der Waals surface area (Å²) < 4.78 is 0. The molecule has 1 aliphatic heterocycles. The van der Waals surface area contributed by atoms with Crippen LogP contribution in [0.5, 0.6) is 0 Å². The van der Waals surface area contributed by atoms with Crippen LogP contribution in [-0.4, -0.2) is 66.0 Å². The van der Waals surface area contributed by atoms with Gasteiger partial charge in [0.1, 0.15) is 0 Å². The first-order valence-corrected chi connectivity index (χ1v) is 6.18. The summed E-state index contributed by atoms with van der Waals surface area (Å²) >= 11 is 5.69. The van der Waals surface area contributed by atoms with Crippen LogP contribution in [0.15, 0.2) is 0 Å². The molecule has 0 radical (unpaired) electrons. The Morgan fingerprint density at radius 3 is 2.75 bits per heavy atom. The molecule has 1 heterocycles. The van der Waals surface area contributed by atoms with Gasteiger partial charge in [0, 0.05) is 30.9 Å². The monoisotopic (exact) mass is 248 g/mol. The van der Waals surface area contributed by atoms with Crippen LogP contribution in [0.25, 0.3) is 0 Å². The molecule has 1 aliphatic rings. The number of carbonyl (C=O) groups excluding carboxylic acids is 1. The molecule has 3 atom stereocenters. The van der Waals surface area contributed by atoms with Crippen molar-refractivity contribution < 1.29 is 9.90 Å². The van der Waals surface area contributed by atoms with Crippen LogP contribution in [0.3, 0.4) is 0 Å². The molecule has 0 bridgehead atoms. The number of likely N-dealkylation sites (tertiary alicyclic amines) is 1. The van der Waals surface area contributed by atoms with Crippen LogP contribution in [0, 0.1) is 5.92 Å². The topological polar surface area (TPSA) is 43.8 Å². The number of β-amino-alcohol motifs (C(OH)–C–C–N with tert-alkyl or cyclic N) is 1. The Morgan fingerprint density at radius 2 is 2.25 bits per heavy atom. The first kappa shape index (κ1) is 13.7. The van der Waals surface area contributed by atoms with E-state index in [-0.39, 0.29) is 17.9 Å². The van der Waals surface area contributed by atoms with Gasteiger partial charge in [0.25, 0.3) is 0 Å². The molecule has 0 spiro atoms. The van der Waals surface area contributed by atoms with Crippen molar-refractivity contribution in [3.05, 3.63) is 0 Å². The molecule has 1 fully saturated rings. The first-order valence-electron chi connectivity index (χ1n) is 5.65. The van der Waals surface area contributed by atoms with Crippen molar-refractivity contribution in [1.29, 1.82) is 0 Å². The molecule has 5 heteroatoms. The third-order valence-corrected chi connectivity index (χ3v) is 3.37. The van der Waals surface area contributed by atoms with Crippen molar-refractivity contribution in [2.45, 2.75) is 25.5 Å². The highest BCUT2D eigenvalue weighted by atomic mass is 35.5. The number of likely N-dealkylation sites (N-methyl/N-ethyl adjacent to an activating group) is 1. The van der Waals surface area contributed by atoms with E-state index in [2.05, 4.69) is 0 Å². The Balaban J connectivity index is 2.65. The Kier molecular flexibility index (Phi) is 5.02. The molecule has 1 N–H and O–H groups in total. The number of aliphatic hydroxyl groups is 1. The zero-order valence-electron chi connectivity index (χ0n) is 10.2. The minimum absolute atomic E-state index is 0.0541. The molecule has 1 rings (SSSR count). The smallest absolute Gasteiger partial charge is 0.226 e. The standard InChI is InChI=1S/C11H21ClN2O2/c1-8(5-12)11(16)14-7-10(15)4-9(14)6-13(2)3/h8-10,15H,4-7H2,1-3H3. The fraction of sp³-hybridized carbons (Fsp3) is 0.909. The minimum Gasteiger partial charge on any atom is -0.391 e. The summed E-state index contributed by atoms with van der Waals surface area (Å²) in [5.74, 6) is 0.218. The SMILES string of the molecule is CC(CCl)C(=O)N1CC(O)CC1CN(C)C. The van der Waals surface area contributed by atoms with Crippen LogP contribution < -0.4 is 0 Å². The van der Waals surface area contributed by atoms with Crippen LogP contribution in [0.1, 0.15) is 13.3 Å². The van der Waals surface area contributed by atoms with Gasteiger partial charge in [-0.05, 0) is 20.5 Å². The van der Waals surface area contributed by atoms with Gasteiger partial charge in [0.15, 0.2) is 0 Å². The van der Waals surface area contributed by atoms with Gasteiger partial charge in [-0.3, -0.25) is 4.79 Å². The summed E-state index contributed by atoms with van der Waals surface area (Å²) in [6.45, 7) is 3.06. The van der Waals surface area contributed by atoms with Gasteiger partial charge in [0.05, 0.1) is 6.10 Å². The number of alkyl halides is 1. The summed E-state index contributed by atoms with van der Waals surface area (Å²) in [5, 5.41) is 9.64. The molecule has 1 saturated heterocycles. The fourth-order valence-electron chi connectivity index (χ4n) is 2.11. The maximum absolute atomic E-state index is 12.0. The summed E-state index contributed by atoms with van der Waals surface area (Å²) in [6.07, 6.45) is 0.273. The number of hydrogen-bond donors (Lipinski definition) is 1. The fourth-order valence-corrected chi connectivity index (χ4v) is 2.24. The van der Waals surface area contributed by atoms with E-state index in [4.69, 9.17) is 11.6 Å². The highest BCUT2D eigenvalue weighted by molar-refractivity contribution is 6.19. The second kappa shape index (κ2) is 5.84. The van der Waals surface area contributed by atoms with Gasteiger partial charge >= 0.3 is 0 Å². The van der Waals surface area contributed by atoms with Gasteiger partial charge in [0.2, 0.25) is 5.91 Å². The summed E-state index contributed by atoms with van der Waals surface area (Å²) in [6, 6.07) is 0.114. The number of aliphatic hydroxyl groups excluding tert-OH is 1. The Bertz CT molecular complexity index is 248. The zero-order valence-corrected chi connectivity index (χ0v) is 10.9. The molecule has 0 aliphatic carbocycles. The minimum atomic E-state index is -0.392. The molecule has 0 aromatic heterocycles. The summed E-state index contributed by atoms with van der Waals surface area (Å²) in [4.78, 5) is 15.8. The van der Waals surface area contributed by atoms with Crippen molar-refractivity contribution in [2.75, 3.05) is 33.1 Å². The van der Waals surface area contributed by atoms with Crippen molar-refractivity contribution in [3.8, 4) is 0 Å². The largest absolute Gasteiger partial charge is 0.391 e. The van der Waals surface area contributed by atoms with Crippen molar-refractivity contribution in [2.24, 2.45) is 5.92 Å². The molecule has 4 nitrogen and oxygen atoms in total. The first-order chi connectivity index (χ1) is 7.45. The van der Waals surface area contributed by atoms with E-state index in [9.17, 15) is 9.90 Å². The molecule has 3 unspecified atom stereocenters. The van der Waals surface area contributed by atoms with Gasteiger partial charge in [-0.15, -0.1) is 11.6 Å². The predicted molar refractivity (Wildman–Crippen MR) is 64.6 cm³/mol. The number of amides is 1. The second-order valence-electron chi connectivity index (χ2n) is 4.85. The second-order valence-corrected chi connectivity index (χ2v) is 5.16. The van der Waals surface area contributed by atoms with E-state index in [1.54, 1.807) is 4.90 Å². The number of rotatable bonds is 4. The third kappa shape index (κ3) is 3.34. The average molecular weight is 249 g/mol. The lowest BCUT2D eigenvalue weighted by atomic mass is 10.1. The maximum atomic E-state index is 12.0. The molecular formula is C11H21ClN2O2. The predicted octanol–water partition coefficient (Wildman–Crippen LogP) is 0.385. The van der Waals surface area contributed by atoms with Gasteiger partial charge in [-0.2, -0.15) is 0 Å². The highest BCUT2D eigenvalue weighted by Crippen LogP contribution is 2.21. The molecule has 16 heavy (non-hydrogen) atoms. The van der Waals surface area contributed by atoms with E-state index >= 15 is 0 Å². The molecule has 0 saturated carbocycles. The van der Waals surface area contributed by atoms with E-state index in [1.807, 2.05) is 25.9 Å². The summed E-state index contributed by atoms with van der Waals surface area (Å²) in [7, 11) is 3.94. The van der Waals surface area contributed by atoms with Crippen LogP contribution in [0.4, 0.5) is 0 Å². The van der Waals surface area contributed by atoms with E-state index in [0.29, 0.717) is 18.8 Å². The van der Waals surface area contributed by atoms with Crippen molar-refractivity contribution in [3.63, 3.8) is 0 Å². The molecule has 94 valence electrons. The van der Waals surface area contributed by atoms with E-state index in [1.165, 1.54) is 0 Å². The van der Waals surface area contributed by atoms with Gasteiger partial charge < -0.3 is 14.9 Å². The van der Waals surface area contributed by atoms with Crippen LogP contribution in [0.2, 0.25) is 0 Å². The Morgan fingerprint density at radius 1 is 1.62 bits per heavy atom. The maximum Gasteiger partial charge on any atom is 0.226 e. The summed E-state index contributed by atoms with van der Waals surface area (Å²) in [5.41, 5.74) is 0. The Labute approximate surface area is 102 Å². The van der Waals surface area contributed by atoms with Crippen molar-refractivity contribution in [1.82, 2.24) is 9.80 Å². The lowest BCUT2D eigenvalue weighted by Crippen LogP contribution is -2.44. The van der Waals surface area contributed by atoms with E-state index in [0.717, 1.165) is 6.54 Å². The average Bonchev–Trinajstić information content (AvgIpc) is 2.56. The normalized spacial score (nSPS) is 27.5. The van der Waals surface area contributed by atoms with Crippen molar-refractivity contribution >= 4 is 17.5 Å². The van der Waals surface area contributed by atoms with E-state index < -0.39 is 6.10 Å². The number of carbonyl (C=O) groups is 1. The molecule has 1 amide bonds. The lowest BCUT2D eigenvalue weighted by Gasteiger charge is -2.28. The van der Waals surface area contributed by atoms with Crippen LogP contribution >= 0.6 is 11.6 Å². The molecule has 0 aromatic carbocycles. The highest BCUT2D eigenvalue weighted by Gasteiger charge is 2.35. The van der Waals surface area contributed by atoms with Gasteiger partial charge in [-0.25, -0.2) is 0 Å². The zero-order chi connectivity index (χ0) is 12.3. The third-order valence-electron chi connectivity index (χ3n) is 2.90. The number of nitrogens with zero attached hydrogens (tertiary/aromatic N) is 2. The number of hydrogen-bond acceptors (Lipinski definition) is 3. The number of halogens is 1.